The summed E-state index contributed by atoms with van der Waals surface area (Å²) >= 11 is 0. The number of carbonyl (C=O) groups is 2. The summed E-state index contributed by atoms with van der Waals surface area (Å²) in [7, 11) is 0. The summed E-state index contributed by atoms with van der Waals surface area (Å²) in [5.41, 5.74) is 0.276. The van der Waals surface area contributed by atoms with E-state index in [1.165, 1.54) is 17.0 Å². The molecule has 8 nitrogen and oxygen atoms in total. The van der Waals surface area contributed by atoms with Gasteiger partial charge in [-0.2, -0.15) is 0 Å². The normalized spacial score (nSPS) is 18.1. The summed E-state index contributed by atoms with van der Waals surface area (Å²) in [6.07, 6.45) is 1.86. The molecule has 2 heterocycles. The summed E-state index contributed by atoms with van der Waals surface area (Å²) in [5, 5.41) is 13.1. The second-order valence-electron chi connectivity index (χ2n) is 8.86. The summed E-state index contributed by atoms with van der Waals surface area (Å²) in [4.78, 5) is 26.5. The molecule has 3 amide bonds. The van der Waals surface area contributed by atoms with Gasteiger partial charge >= 0.3 is 6.03 Å². The SMILES string of the molecule is O=C1CN(CCCOc2ccc(CN3CCC(O)(COc4ccc(F)cc4)CC3)cc2)C(=O)N1. The number of rotatable bonds is 10. The smallest absolute Gasteiger partial charge is 0.324 e. The lowest BCUT2D eigenvalue weighted by molar-refractivity contribution is -0.118. The fourth-order valence-corrected chi connectivity index (χ4v) is 4.08. The standard InChI is InChI=1S/C25H30FN3O5/c26-20-4-8-22(9-5-20)34-18-25(32)10-13-28(14-11-25)16-19-2-6-21(7-3-19)33-15-1-12-29-17-23(30)27-24(29)31/h2-9,32H,1,10-18H2,(H,27,30,31). The number of hydrogen-bond acceptors (Lipinski definition) is 6. The Balaban J connectivity index is 1.14. The Morgan fingerprint density at radius 3 is 2.26 bits per heavy atom. The van der Waals surface area contributed by atoms with Crippen LogP contribution in [-0.2, 0) is 11.3 Å². The fraction of sp³-hybridized carbons (Fsp3) is 0.440. The van der Waals surface area contributed by atoms with E-state index in [0.717, 1.165) is 30.9 Å². The Kier molecular flexibility index (Phi) is 7.64. The highest BCUT2D eigenvalue weighted by molar-refractivity contribution is 6.01. The third kappa shape index (κ3) is 6.68. The first-order chi connectivity index (χ1) is 16.4. The average Bonchev–Trinajstić information content (AvgIpc) is 3.16. The zero-order chi connectivity index (χ0) is 24.0. The number of amides is 3. The molecule has 0 atom stereocenters. The molecule has 2 saturated heterocycles. The number of imide groups is 1. The van der Waals surface area contributed by atoms with Crippen LogP contribution in [0, 0.1) is 5.82 Å². The van der Waals surface area contributed by atoms with Crippen molar-refractivity contribution in [1.82, 2.24) is 15.1 Å². The Morgan fingerprint density at radius 2 is 1.62 bits per heavy atom. The van der Waals surface area contributed by atoms with Crippen LogP contribution in [0.1, 0.15) is 24.8 Å². The zero-order valence-corrected chi connectivity index (χ0v) is 19.0. The van der Waals surface area contributed by atoms with Gasteiger partial charge in [-0.3, -0.25) is 15.0 Å². The fourth-order valence-electron chi connectivity index (χ4n) is 4.08. The number of ether oxygens (including phenoxy) is 2. The van der Waals surface area contributed by atoms with Gasteiger partial charge in [0.1, 0.15) is 36.1 Å². The largest absolute Gasteiger partial charge is 0.494 e. The van der Waals surface area contributed by atoms with Crippen molar-refractivity contribution >= 4 is 11.9 Å². The predicted molar refractivity (Wildman–Crippen MR) is 123 cm³/mol. The van der Waals surface area contributed by atoms with Crippen molar-refractivity contribution < 1.29 is 28.6 Å². The Bertz CT molecular complexity index is 975. The number of benzene rings is 2. The van der Waals surface area contributed by atoms with E-state index in [1.54, 1.807) is 12.1 Å². The van der Waals surface area contributed by atoms with Gasteiger partial charge in [0, 0.05) is 26.2 Å². The molecule has 0 spiro atoms. The van der Waals surface area contributed by atoms with Gasteiger partial charge in [-0.05, 0) is 61.2 Å². The van der Waals surface area contributed by atoms with Crippen LogP contribution >= 0.6 is 0 Å². The van der Waals surface area contributed by atoms with E-state index < -0.39 is 5.60 Å². The molecule has 9 heteroatoms. The number of halogens is 1. The second-order valence-corrected chi connectivity index (χ2v) is 8.86. The first-order valence-corrected chi connectivity index (χ1v) is 11.5. The predicted octanol–water partition coefficient (Wildman–Crippen LogP) is 2.55. The van der Waals surface area contributed by atoms with E-state index in [0.29, 0.717) is 38.2 Å². The van der Waals surface area contributed by atoms with Crippen molar-refractivity contribution in [2.45, 2.75) is 31.4 Å². The molecular formula is C25H30FN3O5. The summed E-state index contributed by atoms with van der Waals surface area (Å²) in [5.74, 6) is 0.733. The molecule has 0 aromatic heterocycles. The average molecular weight is 472 g/mol. The van der Waals surface area contributed by atoms with Gasteiger partial charge in [-0.25, -0.2) is 9.18 Å². The minimum Gasteiger partial charge on any atom is -0.494 e. The van der Waals surface area contributed by atoms with Crippen LogP contribution in [0.25, 0.3) is 0 Å². The Labute approximate surface area is 198 Å². The van der Waals surface area contributed by atoms with Crippen molar-refractivity contribution in [3.8, 4) is 11.5 Å². The number of hydrogen-bond donors (Lipinski definition) is 2. The molecule has 2 aliphatic heterocycles. The van der Waals surface area contributed by atoms with Gasteiger partial charge in [-0.1, -0.05) is 12.1 Å². The number of nitrogens with one attached hydrogen (secondary N) is 1. The molecule has 0 bridgehead atoms. The number of piperidine rings is 1. The minimum atomic E-state index is -0.883. The Morgan fingerprint density at radius 1 is 0.971 bits per heavy atom. The lowest BCUT2D eigenvalue weighted by atomic mass is 9.92. The van der Waals surface area contributed by atoms with Crippen molar-refractivity contribution in [2.75, 3.05) is 39.4 Å². The van der Waals surface area contributed by atoms with Crippen molar-refractivity contribution in [1.29, 1.82) is 0 Å². The number of carbonyl (C=O) groups excluding carboxylic acids is 2. The van der Waals surface area contributed by atoms with Crippen LogP contribution in [0.4, 0.5) is 9.18 Å². The first-order valence-electron chi connectivity index (χ1n) is 11.5. The van der Waals surface area contributed by atoms with Gasteiger partial charge in [0.15, 0.2) is 0 Å². The minimum absolute atomic E-state index is 0.114. The highest BCUT2D eigenvalue weighted by Crippen LogP contribution is 2.25. The number of aliphatic hydroxyl groups is 1. The Hall–Kier alpha value is -3.17. The second kappa shape index (κ2) is 10.8. The van der Waals surface area contributed by atoms with Gasteiger partial charge in [-0.15, -0.1) is 0 Å². The highest BCUT2D eigenvalue weighted by Gasteiger charge is 2.33. The van der Waals surface area contributed by atoms with Crippen molar-refractivity contribution in [3.63, 3.8) is 0 Å². The topological polar surface area (TPSA) is 91.3 Å². The van der Waals surface area contributed by atoms with Crippen LogP contribution in [-0.4, -0.2) is 71.8 Å². The van der Waals surface area contributed by atoms with Crippen LogP contribution in [0.3, 0.4) is 0 Å². The van der Waals surface area contributed by atoms with Crippen LogP contribution in [0.5, 0.6) is 11.5 Å². The molecule has 2 N–H and O–H groups in total. The molecule has 182 valence electrons. The van der Waals surface area contributed by atoms with Gasteiger partial charge < -0.3 is 19.5 Å². The summed E-state index contributed by atoms with van der Waals surface area (Å²) in [6, 6.07) is 13.4. The van der Waals surface area contributed by atoms with E-state index in [1.807, 2.05) is 24.3 Å². The number of likely N-dealkylation sites (tertiary alicyclic amines) is 1. The van der Waals surface area contributed by atoms with E-state index in [9.17, 15) is 19.1 Å². The van der Waals surface area contributed by atoms with E-state index in [4.69, 9.17) is 9.47 Å². The molecule has 0 aliphatic carbocycles. The van der Waals surface area contributed by atoms with Gasteiger partial charge in [0.2, 0.25) is 5.91 Å². The molecule has 2 aromatic rings. The van der Waals surface area contributed by atoms with Crippen molar-refractivity contribution in [2.24, 2.45) is 0 Å². The molecular weight excluding hydrogens is 441 g/mol. The molecule has 0 radical (unpaired) electrons. The molecule has 34 heavy (non-hydrogen) atoms. The highest BCUT2D eigenvalue weighted by atomic mass is 19.1. The maximum atomic E-state index is 13.0. The monoisotopic (exact) mass is 471 g/mol. The van der Waals surface area contributed by atoms with Crippen LogP contribution in [0.2, 0.25) is 0 Å². The quantitative estimate of drug-likeness (QED) is 0.409. The molecule has 0 saturated carbocycles. The lowest BCUT2D eigenvalue weighted by Crippen LogP contribution is -2.47. The van der Waals surface area contributed by atoms with E-state index in [-0.39, 0.29) is 30.9 Å². The van der Waals surface area contributed by atoms with Gasteiger partial charge in [0.25, 0.3) is 0 Å². The molecule has 2 aromatic carbocycles. The maximum Gasteiger partial charge on any atom is 0.324 e. The third-order valence-corrected chi connectivity index (χ3v) is 6.15. The first kappa shape index (κ1) is 24.0. The third-order valence-electron chi connectivity index (χ3n) is 6.15. The molecule has 4 rings (SSSR count). The van der Waals surface area contributed by atoms with Crippen LogP contribution < -0.4 is 14.8 Å². The summed E-state index contributed by atoms with van der Waals surface area (Å²) in [6.45, 7) is 3.55. The molecule has 2 aliphatic rings. The van der Waals surface area contributed by atoms with E-state index >= 15 is 0 Å². The van der Waals surface area contributed by atoms with Gasteiger partial charge in [0.05, 0.1) is 6.61 Å². The molecule has 0 unspecified atom stereocenters. The summed E-state index contributed by atoms with van der Waals surface area (Å²) < 4.78 is 24.4. The van der Waals surface area contributed by atoms with Crippen molar-refractivity contribution in [3.05, 3.63) is 59.9 Å². The zero-order valence-electron chi connectivity index (χ0n) is 19.0. The van der Waals surface area contributed by atoms with E-state index in [2.05, 4.69) is 10.2 Å². The number of nitrogens with zero attached hydrogens (tertiary/aromatic N) is 2. The lowest BCUT2D eigenvalue weighted by Gasteiger charge is -2.38. The van der Waals surface area contributed by atoms with Crippen LogP contribution in [0.15, 0.2) is 48.5 Å². The maximum absolute atomic E-state index is 13.0. The number of urea groups is 1. The molecule has 2 fully saturated rings.